The van der Waals surface area contributed by atoms with E-state index in [2.05, 4.69) is 15.6 Å². The molecule has 0 aliphatic heterocycles. The molecular weight excluding hydrogens is 271 g/mol. The first-order chi connectivity index (χ1) is 10.1. The third-order valence-corrected chi connectivity index (χ3v) is 3.74. The van der Waals surface area contributed by atoms with Crippen molar-refractivity contribution in [3.8, 4) is 0 Å². The van der Waals surface area contributed by atoms with Crippen LogP contribution in [0.15, 0.2) is 30.5 Å². The van der Waals surface area contributed by atoms with Crippen LogP contribution >= 0.6 is 0 Å². The Balaban J connectivity index is 1.71. The number of carbonyl (C=O) groups excluding carboxylic acids is 1. The highest BCUT2D eigenvalue weighted by atomic mass is 19.1. The highest BCUT2D eigenvalue weighted by Gasteiger charge is 2.23. The summed E-state index contributed by atoms with van der Waals surface area (Å²) in [6, 6.07) is 6.21. The predicted octanol–water partition coefficient (Wildman–Crippen LogP) is 2.17. The van der Waals surface area contributed by atoms with E-state index in [4.69, 9.17) is 0 Å². The number of halogens is 1. The fourth-order valence-electron chi connectivity index (χ4n) is 2.18. The van der Waals surface area contributed by atoms with E-state index in [1.165, 1.54) is 23.6 Å². The first kappa shape index (κ1) is 13.7. The number of nitrogens with one attached hydrogen (secondary N) is 1. The van der Waals surface area contributed by atoms with Crippen LogP contribution in [0.2, 0.25) is 0 Å². The molecule has 0 saturated heterocycles. The highest BCUT2D eigenvalue weighted by Crippen LogP contribution is 2.27. The first-order valence-electron chi connectivity index (χ1n) is 7.09. The van der Waals surface area contributed by atoms with Crippen molar-refractivity contribution in [2.24, 2.45) is 5.92 Å². The molecular formula is C15H17FN4O. The van der Waals surface area contributed by atoms with Gasteiger partial charge in [0.25, 0.3) is 5.91 Å². The van der Waals surface area contributed by atoms with Gasteiger partial charge in [0.15, 0.2) is 5.69 Å². The number of hydrogen-bond acceptors (Lipinski definition) is 3. The van der Waals surface area contributed by atoms with Crippen LogP contribution in [0.3, 0.4) is 0 Å². The fourth-order valence-corrected chi connectivity index (χ4v) is 2.18. The summed E-state index contributed by atoms with van der Waals surface area (Å²) in [7, 11) is 0. The van der Waals surface area contributed by atoms with E-state index in [0.29, 0.717) is 18.0 Å². The maximum atomic E-state index is 13.8. The van der Waals surface area contributed by atoms with Crippen LogP contribution in [0.5, 0.6) is 0 Å². The second-order valence-corrected chi connectivity index (χ2v) is 5.43. The Morgan fingerprint density at radius 3 is 2.95 bits per heavy atom. The van der Waals surface area contributed by atoms with Gasteiger partial charge in [0.05, 0.1) is 12.2 Å². The van der Waals surface area contributed by atoms with Crippen molar-refractivity contribution in [1.29, 1.82) is 0 Å². The van der Waals surface area contributed by atoms with Crippen LogP contribution < -0.4 is 5.32 Å². The molecule has 6 heteroatoms. The minimum Gasteiger partial charge on any atom is -0.350 e. The summed E-state index contributed by atoms with van der Waals surface area (Å²) in [5, 5.41) is 10.6. The number of benzene rings is 1. The van der Waals surface area contributed by atoms with Gasteiger partial charge in [0, 0.05) is 12.1 Å². The minimum absolute atomic E-state index is 0.228. The predicted molar refractivity (Wildman–Crippen MR) is 75.3 cm³/mol. The van der Waals surface area contributed by atoms with Gasteiger partial charge in [-0.3, -0.25) is 4.79 Å². The van der Waals surface area contributed by atoms with Crippen LogP contribution in [0.1, 0.15) is 41.9 Å². The number of amides is 1. The van der Waals surface area contributed by atoms with E-state index in [1.807, 2.05) is 6.92 Å². The molecule has 1 amide bonds. The normalized spacial score (nSPS) is 15.7. The summed E-state index contributed by atoms with van der Waals surface area (Å²) in [5.41, 5.74) is 0.783. The van der Waals surface area contributed by atoms with Crippen molar-refractivity contribution in [3.63, 3.8) is 0 Å². The molecule has 0 bridgehead atoms. The summed E-state index contributed by atoms with van der Waals surface area (Å²) < 4.78 is 15.3. The Kier molecular flexibility index (Phi) is 3.68. The Morgan fingerprint density at radius 1 is 1.48 bits per heavy atom. The topological polar surface area (TPSA) is 59.8 Å². The van der Waals surface area contributed by atoms with Crippen molar-refractivity contribution in [3.05, 3.63) is 47.5 Å². The summed E-state index contributed by atoms with van der Waals surface area (Å²) in [5.74, 6) is 0.0930. The molecule has 2 aromatic rings. The quantitative estimate of drug-likeness (QED) is 0.917. The van der Waals surface area contributed by atoms with Crippen molar-refractivity contribution in [2.75, 3.05) is 6.54 Å². The third kappa shape index (κ3) is 3.09. The van der Waals surface area contributed by atoms with Gasteiger partial charge in [-0.15, -0.1) is 5.10 Å². The molecule has 1 atom stereocenters. The third-order valence-electron chi connectivity index (χ3n) is 3.74. The molecule has 1 aromatic carbocycles. The van der Waals surface area contributed by atoms with E-state index in [-0.39, 0.29) is 23.5 Å². The Bertz CT molecular complexity index is 651. The van der Waals surface area contributed by atoms with Gasteiger partial charge in [-0.25, -0.2) is 9.07 Å². The molecule has 1 saturated carbocycles. The summed E-state index contributed by atoms with van der Waals surface area (Å²) in [4.78, 5) is 11.9. The fraction of sp³-hybridized carbons (Fsp3) is 0.400. The maximum Gasteiger partial charge on any atom is 0.273 e. The summed E-state index contributed by atoms with van der Waals surface area (Å²) in [6.45, 7) is 2.51. The SMILES string of the molecule is CC(c1ccccc1F)n1cc(C(=O)NCC2CC2)nn1. The van der Waals surface area contributed by atoms with Crippen LogP contribution in [-0.2, 0) is 0 Å². The molecule has 1 aromatic heterocycles. The van der Waals surface area contributed by atoms with Crippen molar-refractivity contribution >= 4 is 5.91 Å². The molecule has 1 unspecified atom stereocenters. The number of rotatable bonds is 5. The lowest BCUT2D eigenvalue weighted by Crippen LogP contribution is -2.25. The molecule has 21 heavy (non-hydrogen) atoms. The minimum atomic E-state index is -0.316. The van der Waals surface area contributed by atoms with Gasteiger partial charge in [-0.2, -0.15) is 0 Å². The largest absolute Gasteiger partial charge is 0.350 e. The molecule has 1 heterocycles. The van der Waals surface area contributed by atoms with E-state index in [9.17, 15) is 9.18 Å². The second kappa shape index (κ2) is 5.63. The lowest BCUT2D eigenvalue weighted by molar-refractivity contribution is 0.0946. The Hall–Kier alpha value is -2.24. The van der Waals surface area contributed by atoms with Crippen LogP contribution in [0.4, 0.5) is 4.39 Å². The van der Waals surface area contributed by atoms with Gasteiger partial charge < -0.3 is 5.32 Å². The highest BCUT2D eigenvalue weighted by molar-refractivity contribution is 5.91. The first-order valence-corrected chi connectivity index (χ1v) is 7.09. The summed E-state index contributed by atoms with van der Waals surface area (Å²) in [6.07, 6.45) is 3.91. The molecule has 110 valence electrons. The van der Waals surface area contributed by atoms with Gasteiger partial charge in [-0.1, -0.05) is 23.4 Å². The average Bonchev–Trinajstić information content (AvgIpc) is 3.19. The molecule has 0 radical (unpaired) electrons. The maximum absolute atomic E-state index is 13.8. The summed E-state index contributed by atoms with van der Waals surface area (Å²) >= 11 is 0. The number of aromatic nitrogens is 3. The van der Waals surface area contributed by atoms with Crippen LogP contribution in [0, 0.1) is 11.7 Å². The zero-order chi connectivity index (χ0) is 14.8. The molecule has 1 fully saturated rings. The zero-order valence-electron chi connectivity index (χ0n) is 11.8. The van der Waals surface area contributed by atoms with E-state index >= 15 is 0 Å². The average molecular weight is 288 g/mol. The Labute approximate surface area is 122 Å². The molecule has 5 nitrogen and oxygen atoms in total. The molecule has 1 aliphatic carbocycles. The van der Waals surface area contributed by atoms with Crippen LogP contribution in [0.25, 0.3) is 0 Å². The van der Waals surface area contributed by atoms with E-state index in [0.717, 1.165) is 0 Å². The van der Waals surface area contributed by atoms with E-state index < -0.39 is 0 Å². The molecule has 1 aliphatic rings. The smallest absolute Gasteiger partial charge is 0.273 e. The zero-order valence-corrected chi connectivity index (χ0v) is 11.8. The van der Waals surface area contributed by atoms with Crippen molar-refractivity contribution in [1.82, 2.24) is 20.3 Å². The molecule has 3 rings (SSSR count). The number of nitrogens with zero attached hydrogens (tertiary/aromatic N) is 3. The standard InChI is InChI=1S/C15H17FN4O/c1-10(12-4-2-3-5-13(12)16)20-9-14(18-19-20)15(21)17-8-11-6-7-11/h2-5,9-11H,6-8H2,1H3,(H,17,21). The lowest BCUT2D eigenvalue weighted by Gasteiger charge is -2.12. The van der Waals surface area contributed by atoms with Crippen molar-refractivity contribution < 1.29 is 9.18 Å². The van der Waals surface area contributed by atoms with Gasteiger partial charge in [0.1, 0.15) is 5.82 Å². The van der Waals surface area contributed by atoms with Gasteiger partial charge >= 0.3 is 0 Å². The lowest BCUT2D eigenvalue weighted by atomic mass is 10.1. The molecule has 0 spiro atoms. The van der Waals surface area contributed by atoms with Crippen molar-refractivity contribution in [2.45, 2.75) is 25.8 Å². The molecule has 1 N–H and O–H groups in total. The van der Waals surface area contributed by atoms with Gasteiger partial charge in [0.2, 0.25) is 0 Å². The number of hydrogen-bond donors (Lipinski definition) is 1. The monoisotopic (exact) mass is 288 g/mol. The van der Waals surface area contributed by atoms with E-state index in [1.54, 1.807) is 24.4 Å². The van der Waals surface area contributed by atoms with Gasteiger partial charge in [-0.05, 0) is 31.7 Å². The second-order valence-electron chi connectivity index (χ2n) is 5.43. The number of carbonyl (C=O) groups is 1. The van der Waals surface area contributed by atoms with Crippen LogP contribution in [-0.4, -0.2) is 27.4 Å². The Morgan fingerprint density at radius 2 is 2.24 bits per heavy atom.